The molecule has 0 unspecified atom stereocenters. The lowest BCUT2D eigenvalue weighted by Gasteiger charge is -2.08. The highest BCUT2D eigenvalue weighted by molar-refractivity contribution is 7.88. The maximum atomic E-state index is 12.4. The molecular formula is C18H17Cl2N3O5S. The fourth-order valence-corrected chi connectivity index (χ4v) is 4.33. The van der Waals surface area contributed by atoms with Gasteiger partial charge in [0.05, 0.1) is 26.5 Å². The van der Waals surface area contributed by atoms with Crippen molar-refractivity contribution in [1.29, 1.82) is 0 Å². The lowest BCUT2D eigenvalue weighted by atomic mass is 10.2. The second kappa shape index (κ2) is 9.00. The van der Waals surface area contributed by atoms with Crippen LogP contribution in [0.3, 0.4) is 0 Å². The molecule has 0 saturated heterocycles. The molecule has 3 aromatic rings. The van der Waals surface area contributed by atoms with E-state index in [2.05, 4.69) is 14.9 Å². The van der Waals surface area contributed by atoms with Crippen LogP contribution in [0.25, 0.3) is 11.4 Å². The third-order valence-electron chi connectivity index (χ3n) is 3.95. The van der Waals surface area contributed by atoms with E-state index in [1.807, 2.05) is 0 Å². The SMILES string of the molecule is COc1ccc(-c2noc(CNS(=O)(=O)Cc3c(Cl)cccc3Cl)n2)cc1OC. The predicted molar refractivity (Wildman–Crippen MR) is 109 cm³/mol. The highest BCUT2D eigenvalue weighted by Gasteiger charge is 2.18. The number of nitrogens with one attached hydrogen (secondary N) is 1. The van der Waals surface area contributed by atoms with Gasteiger partial charge in [0, 0.05) is 21.2 Å². The Morgan fingerprint density at radius 2 is 1.76 bits per heavy atom. The molecule has 1 N–H and O–H groups in total. The second-order valence-corrected chi connectivity index (χ2v) is 8.48. The zero-order chi connectivity index (χ0) is 21.0. The Balaban J connectivity index is 1.70. The normalized spacial score (nSPS) is 11.4. The van der Waals surface area contributed by atoms with Gasteiger partial charge < -0.3 is 14.0 Å². The molecule has 0 saturated carbocycles. The van der Waals surface area contributed by atoms with Crippen LogP contribution in [0, 0.1) is 0 Å². The van der Waals surface area contributed by atoms with Crippen LogP contribution < -0.4 is 14.2 Å². The third kappa shape index (κ3) is 5.18. The molecule has 0 aliphatic rings. The number of ether oxygens (including phenoxy) is 2. The summed E-state index contributed by atoms with van der Waals surface area (Å²) in [5.41, 5.74) is 0.947. The Morgan fingerprint density at radius 3 is 2.41 bits per heavy atom. The number of halogens is 2. The molecule has 3 rings (SSSR count). The lowest BCUT2D eigenvalue weighted by molar-refractivity contribution is 0.355. The van der Waals surface area contributed by atoms with E-state index in [0.717, 1.165) is 0 Å². The zero-order valence-electron chi connectivity index (χ0n) is 15.5. The molecule has 2 aromatic carbocycles. The van der Waals surface area contributed by atoms with E-state index in [0.29, 0.717) is 22.6 Å². The molecular weight excluding hydrogens is 441 g/mol. The summed E-state index contributed by atoms with van der Waals surface area (Å²) in [4.78, 5) is 4.20. The van der Waals surface area contributed by atoms with Gasteiger partial charge in [-0.3, -0.25) is 0 Å². The fraction of sp³-hybridized carbons (Fsp3) is 0.222. The summed E-state index contributed by atoms with van der Waals surface area (Å²) in [6.45, 7) is -0.176. The summed E-state index contributed by atoms with van der Waals surface area (Å²) in [7, 11) is -0.685. The van der Waals surface area contributed by atoms with Gasteiger partial charge in [-0.1, -0.05) is 34.4 Å². The van der Waals surface area contributed by atoms with Crippen LogP contribution in [0.5, 0.6) is 11.5 Å². The Morgan fingerprint density at radius 1 is 1.07 bits per heavy atom. The van der Waals surface area contributed by atoms with Crippen molar-refractivity contribution in [2.45, 2.75) is 12.3 Å². The molecule has 0 bridgehead atoms. The minimum absolute atomic E-state index is 0.101. The number of benzene rings is 2. The highest BCUT2D eigenvalue weighted by atomic mass is 35.5. The number of hydrogen-bond donors (Lipinski definition) is 1. The third-order valence-corrected chi connectivity index (χ3v) is 5.91. The summed E-state index contributed by atoms with van der Waals surface area (Å²) in [6, 6.07) is 9.93. The summed E-state index contributed by atoms with van der Waals surface area (Å²) >= 11 is 12.1. The van der Waals surface area contributed by atoms with E-state index >= 15 is 0 Å². The van der Waals surface area contributed by atoms with Gasteiger partial charge in [0.1, 0.15) is 0 Å². The Kier molecular flexibility index (Phi) is 6.63. The molecule has 0 aliphatic heterocycles. The van der Waals surface area contributed by atoms with Crippen LogP contribution in [0.15, 0.2) is 40.9 Å². The predicted octanol–water partition coefficient (Wildman–Crippen LogP) is 3.68. The first-order chi connectivity index (χ1) is 13.8. The van der Waals surface area contributed by atoms with E-state index in [4.69, 9.17) is 37.2 Å². The smallest absolute Gasteiger partial charge is 0.242 e. The maximum absolute atomic E-state index is 12.4. The van der Waals surface area contributed by atoms with Crippen molar-refractivity contribution < 1.29 is 22.4 Å². The Labute approximate surface area is 177 Å². The number of hydrogen-bond acceptors (Lipinski definition) is 7. The Bertz CT molecular complexity index is 1100. The Hall–Kier alpha value is -2.33. The van der Waals surface area contributed by atoms with Gasteiger partial charge in [-0.25, -0.2) is 13.1 Å². The van der Waals surface area contributed by atoms with Gasteiger partial charge in [0.15, 0.2) is 11.5 Å². The van der Waals surface area contributed by atoms with Crippen molar-refractivity contribution in [3.8, 4) is 22.9 Å². The molecule has 0 atom stereocenters. The van der Waals surface area contributed by atoms with Gasteiger partial charge in [-0.15, -0.1) is 0 Å². The first-order valence-electron chi connectivity index (χ1n) is 8.28. The number of nitrogens with zero attached hydrogens (tertiary/aromatic N) is 2. The molecule has 0 radical (unpaired) electrons. The molecule has 1 aromatic heterocycles. The van der Waals surface area contributed by atoms with Crippen molar-refractivity contribution in [3.63, 3.8) is 0 Å². The molecule has 0 amide bonds. The molecule has 1 heterocycles. The van der Waals surface area contributed by atoms with Crippen LogP contribution in [0.2, 0.25) is 10.0 Å². The highest BCUT2D eigenvalue weighted by Crippen LogP contribution is 2.31. The van der Waals surface area contributed by atoms with E-state index in [1.165, 1.54) is 14.2 Å². The monoisotopic (exact) mass is 457 g/mol. The summed E-state index contributed by atoms with van der Waals surface area (Å²) < 4.78 is 42.7. The van der Waals surface area contributed by atoms with Crippen molar-refractivity contribution in [2.75, 3.05) is 14.2 Å². The average Bonchev–Trinajstić information content (AvgIpc) is 3.18. The summed E-state index contributed by atoms with van der Waals surface area (Å²) in [5, 5.41) is 4.42. The van der Waals surface area contributed by atoms with E-state index in [9.17, 15) is 8.42 Å². The molecule has 0 aliphatic carbocycles. The average molecular weight is 458 g/mol. The second-order valence-electron chi connectivity index (χ2n) is 5.86. The maximum Gasteiger partial charge on any atom is 0.242 e. The van der Waals surface area contributed by atoms with Crippen molar-refractivity contribution in [2.24, 2.45) is 0 Å². The standard InChI is InChI=1S/C18H17Cl2N3O5S/c1-26-15-7-6-11(8-16(15)27-2)18-22-17(28-23-18)9-21-29(24,25)10-12-13(19)4-3-5-14(12)20/h3-8,21H,9-10H2,1-2H3. The minimum Gasteiger partial charge on any atom is -0.493 e. The molecule has 154 valence electrons. The molecule has 11 heteroatoms. The summed E-state index contributed by atoms with van der Waals surface area (Å²) in [5.74, 6) is 1.08. The molecule has 29 heavy (non-hydrogen) atoms. The van der Waals surface area contributed by atoms with Gasteiger partial charge in [0.2, 0.25) is 21.7 Å². The van der Waals surface area contributed by atoms with Crippen LogP contribution in [0.1, 0.15) is 11.5 Å². The fourth-order valence-electron chi connectivity index (χ4n) is 2.50. The zero-order valence-corrected chi connectivity index (χ0v) is 17.8. The molecule has 8 nitrogen and oxygen atoms in total. The van der Waals surface area contributed by atoms with Crippen LogP contribution >= 0.6 is 23.2 Å². The summed E-state index contributed by atoms with van der Waals surface area (Å²) in [6.07, 6.45) is 0. The van der Waals surface area contributed by atoms with E-state index in [-0.39, 0.29) is 34.1 Å². The van der Waals surface area contributed by atoms with E-state index in [1.54, 1.807) is 36.4 Å². The number of sulfonamides is 1. The van der Waals surface area contributed by atoms with Gasteiger partial charge >= 0.3 is 0 Å². The van der Waals surface area contributed by atoms with Crippen molar-refractivity contribution >= 4 is 33.2 Å². The largest absolute Gasteiger partial charge is 0.493 e. The van der Waals surface area contributed by atoms with Gasteiger partial charge in [0.25, 0.3) is 0 Å². The van der Waals surface area contributed by atoms with Crippen molar-refractivity contribution in [1.82, 2.24) is 14.9 Å². The minimum atomic E-state index is -3.74. The topological polar surface area (TPSA) is 104 Å². The first kappa shape index (κ1) is 21.4. The van der Waals surface area contributed by atoms with Crippen molar-refractivity contribution in [3.05, 3.63) is 57.9 Å². The quantitative estimate of drug-likeness (QED) is 0.549. The van der Waals surface area contributed by atoms with Crippen LogP contribution in [0.4, 0.5) is 0 Å². The van der Waals surface area contributed by atoms with Gasteiger partial charge in [-0.05, 0) is 30.3 Å². The number of aromatic nitrogens is 2. The number of methoxy groups -OCH3 is 2. The van der Waals surface area contributed by atoms with E-state index < -0.39 is 10.0 Å². The van der Waals surface area contributed by atoms with Gasteiger partial charge in [-0.2, -0.15) is 4.98 Å². The number of rotatable bonds is 8. The molecule has 0 spiro atoms. The molecule has 0 fully saturated rings. The lowest BCUT2D eigenvalue weighted by Crippen LogP contribution is -2.25. The first-order valence-corrected chi connectivity index (χ1v) is 10.7. The van der Waals surface area contributed by atoms with Crippen LogP contribution in [-0.2, 0) is 22.3 Å². The van der Waals surface area contributed by atoms with Crippen LogP contribution in [-0.4, -0.2) is 32.8 Å².